The second-order valence-corrected chi connectivity index (χ2v) is 4.06. The van der Waals surface area contributed by atoms with Gasteiger partial charge in [-0.1, -0.05) is 19.8 Å². The number of urea groups is 1. The van der Waals surface area contributed by atoms with E-state index in [4.69, 9.17) is 5.11 Å². The van der Waals surface area contributed by atoms with Gasteiger partial charge in [0.2, 0.25) is 0 Å². The number of carbonyl (C=O) groups excluding carboxylic acids is 1. The zero-order chi connectivity index (χ0) is 12.6. The molecule has 0 aliphatic heterocycles. The highest BCUT2D eigenvalue weighted by molar-refractivity contribution is 5.75. The normalized spacial score (nSPS) is 11.9. The van der Waals surface area contributed by atoms with Crippen LogP contribution in [-0.4, -0.2) is 41.6 Å². The van der Waals surface area contributed by atoms with E-state index in [2.05, 4.69) is 12.2 Å². The number of carbonyl (C=O) groups is 2. The molecular weight excluding hydrogens is 208 g/mol. The molecule has 0 bridgehead atoms. The van der Waals surface area contributed by atoms with Crippen LogP contribution in [0, 0.1) is 0 Å². The number of amides is 2. The molecule has 0 aromatic heterocycles. The number of nitrogens with one attached hydrogen (secondary N) is 1. The summed E-state index contributed by atoms with van der Waals surface area (Å²) in [4.78, 5) is 23.3. The Kier molecular flexibility index (Phi) is 7.33. The van der Waals surface area contributed by atoms with E-state index < -0.39 is 5.97 Å². The molecule has 0 aromatic rings. The number of carboxylic acid groups (broad SMARTS) is 1. The van der Waals surface area contributed by atoms with Gasteiger partial charge in [-0.15, -0.1) is 0 Å². The Hall–Kier alpha value is -1.26. The predicted octanol–water partition coefficient (Wildman–Crippen LogP) is 1.68. The minimum atomic E-state index is -0.890. The second kappa shape index (κ2) is 7.96. The van der Waals surface area contributed by atoms with Gasteiger partial charge >= 0.3 is 12.0 Å². The predicted molar refractivity (Wildman–Crippen MR) is 62.4 cm³/mol. The lowest BCUT2D eigenvalue weighted by Crippen LogP contribution is -2.42. The Morgan fingerprint density at radius 3 is 2.56 bits per heavy atom. The smallest absolute Gasteiger partial charge is 0.317 e. The summed E-state index contributed by atoms with van der Waals surface area (Å²) in [6, 6.07) is -0.0652. The number of hydrogen-bond donors (Lipinski definition) is 2. The van der Waals surface area contributed by atoms with Crippen LogP contribution in [0.3, 0.4) is 0 Å². The highest BCUT2D eigenvalue weighted by Crippen LogP contribution is 2.00. The van der Waals surface area contributed by atoms with E-state index in [1.165, 1.54) is 4.90 Å². The number of unbranched alkanes of at least 4 members (excludes halogenated alkanes) is 1. The average Bonchev–Trinajstić information content (AvgIpc) is 2.22. The van der Waals surface area contributed by atoms with Gasteiger partial charge in [0, 0.05) is 19.6 Å². The minimum absolute atomic E-state index is 0.0206. The summed E-state index contributed by atoms with van der Waals surface area (Å²) in [6.07, 6.45) is 3.12. The van der Waals surface area contributed by atoms with Crippen LogP contribution in [0.5, 0.6) is 0 Å². The average molecular weight is 230 g/mol. The van der Waals surface area contributed by atoms with Crippen molar-refractivity contribution < 1.29 is 14.7 Å². The Balaban J connectivity index is 3.81. The fourth-order valence-corrected chi connectivity index (χ4v) is 1.27. The van der Waals surface area contributed by atoms with Gasteiger partial charge in [0.1, 0.15) is 0 Å². The molecule has 1 unspecified atom stereocenters. The van der Waals surface area contributed by atoms with Crippen LogP contribution in [-0.2, 0) is 4.79 Å². The minimum Gasteiger partial charge on any atom is -0.481 e. The second-order valence-electron chi connectivity index (χ2n) is 4.06. The SMILES string of the molecule is CCCCC(C)NC(=O)N(C)CCC(=O)O. The summed E-state index contributed by atoms with van der Waals surface area (Å²) in [5.74, 6) is -0.890. The van der Waals surface area contributed by atoms with Crippen molar-refractivity contribution >= 4 is 12.0 Å². The summed E-state index contributed by atoms with van der Waals surface area (Å²) in [5.41, 5.74) is 0. The first kappa shape index (κ1) is 14.7. The summed E-state index contributed by atoms with van der Waals surface area (Å²) in [5, 5.41) is 11.3. The molecule has 0 heterocycles. The number of nitrogens with zero attached hydrogens (tertiary/aromatic N) is 1. The Labute approximate surface area is 96.8 Å². The van der Waals surface area contributed by atoms with Crippen molar-refractivity contribution in [1.82, 2.24) is 10.2 Å². The van der Waals surface area contributed by atoms with Gasteiger partial charge in [0.05, 0.1) is 6.42 Å². The summed E-state index contributed by atoms with van der Waals surface area (Å²) in [7, 11) is 1.60. The van der Waals surface area contributed by atoms with Gasteiger partial charge in [-0.2, -0.15) is 0 Å². The molecule has 0 aliphatic rings. The first-order valence-corrected chi connectivity index (χ1v) is 5.70. The summed E-state index contributed by atoms with van der Waals surface area (Å²) in [6.45, 7) is 4.30. The van der Waals surface area contributed by atoms with E-state index >= 15 is 0 Å². The Morgan fingerprint density at radius 2 is 2.06 bits per heavy atom. The molecule has 0 aromatic carbocycles. The van der Waals surface area contributed by atoms with Crippen LogP contribution >= 0.6 is 0 Å². The quantitative estimate of drug-likeness (QED) is 0.699. The van der Waals surface area contributed by atoms with E-state index in [0.717, 1.165) is 19.3 Å². The van der Waals surface area contributed by atoms with E-state index in [1.807, 2.05) is 6.92 Å². The van der Waals surface area contributed by atoms with Crippen molar-refractivity contribution in [3.63, 3.8) is 0 Å². The molecule has 0 spiro atoms. The highest BCUT2D eigenvalue weighted by atomic mass is 16.4. The molecule has 0 aliphatic carbocycles. The van der Waals surface area contributed by atoms with Gasteiger partial charge in [0.25, 0.3) is 0 Å². The summed E-state index contributed by atoms with van der Waals surface area (Å²) >= 11 is 0. The molecular formula is C11H22N2O3. The van der Waals surface area contributed by atoms with Gasteiger partial charge < -0.3 is 15.3 Å². The van der Waals surface area contributed by atoms with E-state index in [9.17, 15) is 9.59 Å². The van der Waals surface area contributed by atoms with Crippen LogP contribution in [0.4, 0.5) is 4.79 Å². The third-order valence-corrected chi connectivity index (χ3v) is 2.37. The molecule has 5 nitrogen and oxygen atoms in total. The molecule has 0 radical (unpaired) electrons. The van der Waals surface area contributed by atoms with Crippen LogP contribution in [0.25, 0.3) is 0 Å². The molecule has 5 heteroatoms. The Morgan fingerprint density at radius 1 is 1.44 bits per heavy atom. The zero-order valence-corrected chi connectivity index (χ0v) is 10.3. The number of rotatable bonds is 7. The standard InChI is InChI=1S/C11H22N2O3/c1-4-5-6-9(2)12-11(16)13(3)8-7-10(14)15/h9H,4-8H2,1-3H3,(H,12,16)(H,14,15). The maximum absolute atomic E-state index is 11.6. The fourth-order valence-electron chi connectivity index (χ4n) is 1.27. The van der Waals surface area contributed by atoms with E-state index in [0.29, 0.717) is 0 Å². The third-order valence-electron chi connectivity index (χ3n) is 2.37. The van der Waals surface area contributed by atoms with Crippen LogP contribution in [0.2, 0.25) is 0 Å². The fraction of sp³-hybridized carbons (Fsp3) is 0.818. The Bertz CT molecular complexity index is 231. The third kappa shape index (κ3) is 7.09. The first-order chi connectivity index (χ1) is 7.47. The van der Waals surface area contributed by atoms with E-state index in [-0.39, 0.29) is 25.0 Å². The van der Waals surface area contributed by atoms with Crippen LogP contribution < -0.4 is 5.32 Å². The maximum atomic E-state index is 11.6. The molecule has 2 amide bonds. The lowest BCUT2D eigenvalue weighted by Gasteiger charge is -2.20. The molecule has 0 fully saturated rings. The van der Waals surface area contributed by atoms with Gasteiger partial charge in [-0.25, -0.2) is 4.79 Å². The number of hydrogen-bond acceptors (Lipinski definition) is 2. The van der Waals surface area contributed by atoms with E-state index in [1.54, 1.807) is 7.05 Å². The largest absolute Gasteiger partial charge is 0.481 e. The van der Waals surface area contributed by atoms with Crippen molar-refractivity contribution in [2.45, 2.75) is 45.6 Å². The molecule has 1 atom stereocenters. The van der Waals surface area contributed by atoms with Crippen molar-refractivity contribution in [3.05, 3.63) is 0 Å². The van der Waals surface area contributed by atoms with Gasteiger partial charge in [-0.05, 0) is 13.3 Å². The lowest BCUT2D eigenvalue weighted by molar-refractivity contribution is -0.137. The molecule has 0 saturated carbocycles. The van der Waals surface area contributed by atoms with Crippen LogP contribution in [0.15, 0.2) is 0 Å². The summed E-state index contributed by atoms with van der Waals surface area (Å²) < 4.78 is 0. The number of carboxylic acids is 1. The van der Waals surface area contributed by atoms with Crippen molar-refractivity contribution in [3.8, 4) is 0 Å². The topological polar surface area (TPSA) is 69.6 Å². The van der Waals surface area contributed by atoms with Crippen molar-refractivity contribution in [1.29, 1.82) is 0 Å². The maximum Gasteiger partial charge on any atom is 0.317 e. The highest BCUT2D eigenvalue weighted by Gasteiger charge is 2.12. The first-order valence-electron chi connectivity index (χ1n) is 5.70. The molecule has 2 N–H and O–H groups in total. The zero-order valence-electron chi connectivity index (χ0n) is 10.3. The molecule has 0 saturated heterocycles. The molecule has 16 heavy (non-hydrogen) atoms. The van der Waals surface area contributed by atoms with Gasteiger partial charge in [-0.3, -0.25) is 4.79 Å². The van der Waals surface area contributed by atoms with Crippen molar-refractivity contribution in [2.75, 3.05) is 13.6 Å². The monoisotopic (exact) mass is 230 g/mol. The van der Waals surface area contributed by atoms with Gasteiger partial charge in [0.15, 0.2) is 0 Å². The molecule has 0 rings (SSSR count). The molecule has 94 valence electrons. The number of aliphatic carboxylic acids is 1. The van der Waals surface area contributed by atoms with Crippen molar-refractivity contribution in [2.24, 2.45) is 0 Å². The van der Waals surface area contributed by atoms with Crippen LogP contribution in [0.1, 0.15) is 39.5 Å². The lowest BCUT2D eigenvalue weighted by atomic mass is 10.1.